The van der Waals surface area contributed by atoms with Gasteiger partial charge >= 0.3 is 6.03 Å². The molecule has 1 fully saturated rings. The molecule has 10 heteroatoms. The number of hydrogen-bond donors (Lipinski definition) is 3. The number of anilines is 1. The molecule has 40 heavy (non-hydrogen) atoms. The Labute approximate surface area is 233 Å². The van der Waals surface area contributed by atoms with Crippen molar-refractivity contribution >= 4 is 28.7 Å². The van der Waals surface area contributed by atoms with E-state index in [1.54, 1.807) is 39.5 Å². The Kier molecular flexibility index (Phi) is 8.28. The molecule has 0 unspecified atom stereocenters. The quantitative estimate of drug-likeness (QED) is 0.310. The summed E-state index contributed by atoms with van der Waals surface area (Å²) in [7, 11) is 5.03. The number of fused-ring (bicyclic) bond motifs is 1. The van der Waals surface area contributed by atoms with Gasteiger partial charge in [-0.3, -0.25) is 9.69 Å². The number of rotatable bonds is 8. The second-order valence-electron chi connectivity index (χ2n) is 9.82. The van der Waals surface area contributed by atoms with Crippen LogP contribution in [0.2, 0.25) is 0 Å². The maximum atomic E-state index is 13.1. The molecule has 0 saturated carbocycles. The lowest BCUT2D eigenvalue weighted by molar-refractivity contribution is 0.0388. The molecule has 0 aliphatic carbocycles. The Bertz CT molecular complexity index is 1510. The van der Waals surface area contributed by atoms with Crippen LogP contribution in [0.3, 0.4) is 0 Å². The van der Waals surface area contributed by atoms with E-state index in [0.29, 0.717) is 31.0 Å². The molecule has 3 amide bonds. The number of morpholine rings is 1. The number of benzene rings is 2. The molecule has 0 radical (unpaired) electrons. The van der Waals surface area contributed by atoms with Crippen LogP contribution in [-0.2, 0) is 4.74 Å². The van der Waals surface area contributed by atoms with Gasteiger partial charge in [0.1, 0.15) is 11.4 Å². The van der Waals surface area contributed by atoms with Crippen LogP contribution in [0.15, 0.2) is 60.9 Å². The van der Waals surface area contributed by atoms with Crippen LogP contribution in [-0.4, -0.2) is 92.3 Å². The molecule has 5 rings (SSSR count). The summed E-state index contributed by atoms with van der Waals surface area (Å²) >= 11 is 0. The first-order chi connectivity index (χ1) is 19.4. The van der Waals surface area contributed by atoms with Gasteiger partial charge in [0.25, 0.3) is 5.91 Å². The molecule has 2 aromatic carbocycles. The van der Waals surface area contributed by atoms with Crippen LogP contribution in [0.5, 0.6) is 5.75 Å². The highest BCUT2D eigenvalue weighted by atomic mass is 16.5. The zero-order valence-electron chi connectivity index (χ0n) is 23.0. The van der Waals surface area contributed by atoms with Crippen molar-refractivity contribution in [3.8, 4) is 28.0 Å². The largest absolute Gasteiger partial charge is 0.496 e. The van der Waals surface area contributed by atoms with Crippen LogP contribution in [0.25, 0.3) is 33.3 Å². The van der Waals surface area contributed by atoms with Gasteiger partial charge in [-0.05, 0) is 29.8 Å². The average molecular weight is 543 g/mol. The molecule has 0 bridgehead atoms. The van der Waals surface area contributed by atoms with Gasteiger partial charge in [-0.2, -0.15) is 0 Å². The third-order valence-electron chi connectivity index (χ3n) is 6.98. The Morgan fingerprint density at radius 2 is 1.88 bits per heavy atom. The van der Waals surface area contributed by atoms with E-state index >= 15 is 0 Å². The summed E-state index contributed by atoms with van der Waals surface area (Å²) in [4.78, 5) is 37.4. The highest BCUT2D eigenvalue weighted by Crippen LogP contribution is 2.36. The normalized spacial score (nSPS) is 13.7. The fraction of sp³-hybridized carbons (Fsp3) is 0.300. The van der Waals surface area contributed by atoms with E-state index in [0.717, 1.165) is 58.7 Å². The van der Waals surface area contributed by atoms with Crippen molar-refractivity contribution in [2.24, 2.45) is 0 Å². The number of H-pyrrole nitrogens is 1. The van der Waals surface area contributed by atoms with E-state index in [2.05, 4.69) is 25.5 Å². The minimum absolute atomic E-state index is 0.212. The van der Waals surface area contributed by atoms with Crippen molar-refractivity contribution in [3.05, 3.63) is 66.5 Å². The number of nitrogens with one attached hydrogen (secondary N) is 3. The van der Waals surface area contributed by atoms with E-state index in [1.165, 1.54) is 4.90 Å². The van der Waals surface area contributed by atoms with E-state index in [-0.39, 0.29) is 11.9 Å². The minimum Gasteiger partial charge on any atom is -0.496 e. The van der Waals surface area contributed by atoms with Gasteiger partial charge in [0.05, 0.1) is 31.6 Å². The number of pyridine rings is 1. The SMILES string of the molecule is COc1ccccc1-c1c[nH]c2ncc(-c3ccc(NC(=O)NCCN4CCOCC4)c(C(=O)N(C)C)c3)cc12. The Morgan fingerprint density at radius 3 is 2.65 bits per heavy atom. The minimum atomic E-state index is -0.356. The summed E-state index contributed by atoms with van der Waals surface area (Å²) in [6.07, 6.45) is 3.69. The third kappa shape index (κ3) is 5.93. The first-order valence-electron chi connectivity index (χ1n) is 13.3. The van der Waals surface area contributed by atoms with Crippen LogP contribution >= 0.6 is 0 Å². The number of hydrogen-bond acceptors (Lipinski definition) is 6. The number of para-hydroxylation sites is 1. The van der Waals surface area contributed by atoms with E-state index < -0.39 is 0 Å². The first-order valence-corrected chi connectivity index (χ1v) is 13.3. The maximum absolute atomic E-state index is 13.1. The second kappa shape index (κ2) is 12.2. The molecule has 0 atom stereocenters. The lowest BCUT2D eigenvalue weighted by Crippen LogP contribution is -2.42. The number of aromatic amines is 1. The van der Waals surface area contributed by atoms with Crippen molar-refractivity contribution in [2.75, 3.05) is 65.9 Å². The van der Waals surface area contributed by atoms with Gasteiger partial charge in [-0.1, -0.05) is 24.3 Å². The molecule has 2 aromatic heterocycles. The van der Waals surface area contributed by atoms with E-state index in [1.807, 2.05) is 42.6 Å². The number of nitrogens with zero attached hydrogens (tertiary/aromatic N) is 3. The van der Waals surface area contributed by atoms with Crippen molar-refractivity contribution < 1.29 is 19.1 Å². The molecule has 10 nitrogen and oxygen atoms in total. The number of amides is 3. The first kappa shape index (κ1) is 27.2. The van der Waals surface area contributed by atoms with Crippen LogP contribution < -0.4 is 15.4 Å². The van der Waals surface area contributed by atoms with E-state index in [9.17, 15) is 9.59 Å². The number of carbonyl (C=O) groups is 2. The highest BCUT2D eigenvalue weighted by Gasteiger charge is 2.18. The number of aromatic nitrogens is 2. The van der Waals surface area contributed by atoms with Crippen LogP contribution in [0, 0.1) is 0 Å². The molecule has 1 saturated heterocycles. The summed E-state index contributed by atoms with van der Waals surface area (Å²) < 4.78 is 10.9. The number of urea groups is 1. The molecule has 1 aliphatic rings. The lowest BCUT2D eigenvalue weighted by atomic mass is 9.99. The zero-order valence-corrected chi connectivity index (χ0v) is 23.0. The number of ether oxygens (including phenoxy) is 2. The van der Waals surface area contributed by atoms with Crippen molar-refractivity contribution in [3.63, 3.8) is 0 Å². The van der Waals surface area contributed by atoms with Crippen molar-refractivity contribution in [2.45, 2.75) is 0 Å². The Morgan fingerprint density at radius 1 is 1.07 bits per heavy atom. The molecule has 1 aliphatic heterocycles. The number of carbonyl (C=O) groups excluding carboxylic acids is 2. The fourth-order valence-electron chi connectivity index (χ4n) is 4.82. The lowest BCUT2D eigenvalue weighted by Gasteiger charge is -2.26. The van der Waals surface area contributed by atoms with Crippen molar-refractivity contribution in [1.82, 2.24) is 25.1 Å². The van der Waals surface area contributed by atoms with Gasteiger partial charge in [0.15, 0.2) is 0 Å². The topological polar surface area (TPSA) is 112 Å². The molecule has 208 valence electrons. The van der Waals surface area contributed by atoms with Gasteiger partial charge in [0, 0.05) is 74.7 Å². The Hall–Kier alpha value is -4.41. The van der Waals surface area contributed by atoms with Gasteiger partial charge < -0.3 is 30.0 Å². The average Bonchev–Trinajstić information content (AvgIpc) is 3.40. The van der Waals surface area contributed by atoms with Gasteiger partial charge in [-0.15, -0.1) is 0 Å². The predicted octanol–water partition coefficient (Wildman–Crippen LogP) is 4.06. The fourth-order valence-corrected chi connectivity index (χ4v) is 4.82. The predicted molar refractivity (Wildman–Crippen MR) is 156 cm³/mol. The van der Waals surface area contributed by atoms with Crippen molar-refractivity contribution in [1.29, 1.82) is 0 Å². The molecular formula is C30H34N6O4. The molecule has 4 aromatic rings. The molecule has 0 spiro atoms. The summed E-state index contributed by atoms with van der Waals surface area (Å²) in [5, 5.41) is 6.68. The third-order valence-corrected chi connectivity index (χ3v) is 6.98. The standard InChI is InChI=1S/C30H34N6O4/c1-35(2)29(37)24-16-20(8-9-26(24)34-30(38)31-10-11-36-12-14-40-15-13-36)21-17-23-25(19-33-28(23)32-18-21)22-6-4-5-7-27(22)39-3/h4-9,16-19H,10-15H2,1-3H3,(H,32,33)(H2,31,34,38). The van der Waals surface area contributed by atoms with E-state index in [4.69, 9.17) is 9.47 Å². The molecule has 3 heterocycles. The van der Waals surface area contributed by atoms with Gasteiger partial charge in [0.2, 0.25) is 0 Å². The van der Waals surface area contributed by atoms with Gasteiger partial charge in [-0.25, -0.2) is 9.78 Å². The summed E-state index contributed by atoms with van der Waals surface area (Å²) in [5.41, 5.74) is 5.17. The Balaban J connectivity index is 1.40. The zero-order chi connectivity index (χ0) is 28.1. The smallest absolute Gasteiger partial charge is 0.319 e. The maximum Gasteiger partial charge on any atom is 0.319 e. The molecule has 3 N–H and O–H groups in total. The summed E-state index contributed by atoms with van der Waals surface area (Å²) in [6.45, 7) is 4.38. The summed E-state index contributed by atoms with van der Waals surface area (Å²) in [6, 6.07) is 15.0. The summed E-state index contributed by atoms with van der Waals surface area (Å²) in [5.74, 6) is 0.558. The number of methoxy groups -OCH3 is 1. The monoisotopic (exact) mass is 542 g/mol. The van der Waals surface area contributed by atoms with Crippen LogP contribution in [0.4, 0.5) is 10.5 Å². The highest BCUT2D eigenvalue weighted by molar-refractivity contribution is 6.04. The van der Waals surface area contributed by atoms with Crippen LogP contribution in [0.1, 0.15) is 10.4 Å². The molecular weight excluding hydrogens is 508 g/mol. The second-order valence-corrected chi connectivity index (χ2v) is 9.82.